The van der Waals surface area contributed by atoms with Crippen molar-refractivity contribution in [3.05, 3.63) is 65.7 Å². The maximum absolute atomic E-state index is 12.8. The standard InChI is InChI=1S/C22H24N2O4/c1-14-12-18(14)20(25)23-17-10-8-16(9-11-17)21(26)24(2)19(22(27)28)13-15-6-4-3-5-7-15/h3-11,14,18-19H,12-13H2,1-2H3,(H,23,25)(H,27,28). The van der Waals surface area contributed by atoms with Crippen molar-refractivity contribution >= 4 is 23.5 Å². The summed E-state index contributed by atoms with van der Waals surface area (Å²) in [4.78, 5) is 37.7. The van der Waals surface area contributed by atoms with Crippen LogP contribution >= 0.6 is 0 Å². The Morgan fingerprint density at radius 1 is 1.11 bits per heavy atom. The van der Waals surface area contributed by atoms with Gasteiger partial charge in [0.2, 0.25) is 5.91 Å². The van der Waals surface area contributed by atoms with Gasteiger partial charge in [-0.25, -0.2) is 4.79 Å². The molecule has 2 amide bonds. The second-order valence-corrected chi connectivity index (χ2v) is 7.35. The number of hydrogen-bond acceptors (Lipinski definition) is 3. The van der Waals surface area contributed by atoms with E-state index in [0.29, 0.717) is 17.2 Å². The van der Waals surface area contributed by atoms with Crippen LogP contribution in [0.25, 0.3) is 0 Å². The predicted molar refractivity (Wildman–Crippen MR) is 106 cm³/mol. The summed E-state index contributed by atoms with van der Waals surface area (Å²) in [5.41, 5.74) is 1.85. The van der Waals surface area contributed by atoms with Gasteiger partial charge in [0.05, 0.1) is 0 Å². The lowest BCUT2D eigenvalue weighted by atomic mass is 10.0. The van der Waals surface area contributed by atoms with Crippen LogP contribution in [0.2, 0.25) is 0 Å². The number of amides is 2. The lowest BCUT2D eigenvalue weighted by Crippen LogP contribution is -2.43. The van der Waals surface area contributed by atoms with Gasteiger partial charge in [0.25, 0.3) is 5.91 Å². The van der Waals surface area contributed by atoms with Crippen molar-refractivity contribution in [2.45, 2.75) is 25.8 Å². The number of carboxylic acid groups (broad SMARTS) is 1. The van der Waals surface area contributed by atoms with Gasteiger partial charge in [0.15, 0.2) is 0 Å². The van der Waals surface area contributed by atoms with Crippen LogP contribution in [0.4, 0.5) is 5.69 Å². The normalized spacial score (nSPS) is 18.8. The fourth-order valence-electron chi connectivity index (χ4n) is 3.19. The van der Waals surface area contributed by atoms with Crippen LogP contribution in [0.5, 0.6) is 0 Å². The van der Waals surface area contributed by atoms with Crippen molar-refractivity contribution in [3.8, 4) is 0 Å². The summed E-state index contributed by atoms with van der Waals surface area (Å²) in [5, 5.41) is 12.4. The maximum atomic E-state index is 12.8. The van der Waals surface area contributed by atoms with Crippen molar-refractivity contribution in [2.75, 3.05) is 12.4 Å². The zero-order valence-corrected chi connectivity index (χ0v) is 16.0. The van der Waals surface area contributed by atoms with E-state index in [0.717, 1.165) is 12.0 Å². The van der Waals surface area contributed by atoms with Crippen LogP contribution in [0.3, 0.4) is 0 Å². The van der Waals surface area contributed by atoms with Crippen molar-refractivity contribution in [1.29, 1.82) is 0 Å². The number of rotatable bonds is 7. The molecule has 0 spiro atoms. The van der Waals surface area contributed by atoms with Gasteiger partial charge in [-0.2, -0.15) is 0 Å². The van der Waals surface area contributed by atoms with E-state index < -0.39 is 12.0 Å². The molecule has 6 nitrogen and oxygen atoms in total. The van der Waals surface area contributed by atoms with Crippen LogP contribution in [0, 0.1) is 11.8 Å². The average Bonchev–Trinajstić information content (AvgIpc) is 3.43. The topological polar surface area (TPSA) is 86.7 Å². The molecule has 0 radical (unpaired) electrons. The zero-order valence-electron chi connectivity index (χ0n) is 16.0. The largest absolute Gasteiger partial charge is 0.480 e. The highest BCUT2D eigenvalue weighted by Crippen LogP contribution is 2.38. The van der Waals surface area contributed by atoms with Gasteiger partial charge >= 0.3 is 5.97 Å². The molecule has 0 aliphatic heterocycles. The highest BCUT2D eigenvalue weighted by atomic mass is 16.4. The number of likely N-dealkylation sites (N-methyl/N-ethyl adjacent to an activating group) is 1. The zero-order chi connectivity index (χ0) is 20.3. The third kappa shape index (κ3) is 4.57. The minimum Gasteiger partial charge on any atom is -0.480 e. The second-order valence-electron chi connectivity index (χ2n) is 7.35. The molecule has 0 heterocycles. The van der Waals surface area contributed by atoms with E-state index in [1.807, 2.05) is 37.3 Å². The number of anilines is 1. The van der Waals surface area contributed by atoms with Gasteiger partial charge in [-0.05, 0) is 42.2 Å². The van der Waals surface area contributed by atoms with Gasteiger partial charge in [0.1, 0.15) is 6.04 Å². The Bertz CT molecular complexity index is 864. The molecule has 2 N–H and O–H groups in total. The summed E-state index contributed by atoms with van der Waals surface area (Å²) >= 11 is 0. The van der Waals surface area contributed by atoms with E-state index in [2.05, 4.69) is 5.32 Å². The van der Waals surface area contributed by atoms with E-state index in [1.165, 1.54) is 11.9 Å². The number of hydrogen-bond donors (Lipinski definition) is 2. The summed E-state index contributed by atoms with van der Waals surface area (Å²) in [6, 6.07) is 14.8. The molecule has 1 fully saturated rings. The molecular formula is C22H24N2O4. The highest BCUT2D eigenvalue weighted by molar-refractivity contribution is 5.98. The molecule has 2 aromatic carbocycles. The van der Waals surface area contributed by atoms with Crippen molar-refractivity contribution < 1.29 is 19.5 Å². The molecule has 0 bridgehead atoms. The minimum absolute atomic E-state index is 0.00232. The first-order chi connectivity index (χ1) is 13.4. The fourth-order valence-corrected chi connectivity index (χ4v) is 3.19. The molecule has 0 saturated heterocycles. The summed E-state index contributed by atoms with van der Waals surface area (Å²) in [5.74, 6) is -0.939. The van der Waals surface area contributed by atoms with E-state index >= 15 is 0 Å². The van der Waals surface area contributed by atoms with Crippen LogP contribution in [-0.4, -0.2) is 40.9 Å². The fraction of sp³-hybridized carbons (Fsp3) is 0.318. The minimum atomic E-state index is -1.05. The Labute approximate surface area is 164 Å². The van der Waals surface area contributed by atoms with E-state index in [4.69, 9.17) is 0 Å². The SMILES string of the molecule is CC1CC1C(=O)Nc1ccc(C(=O)N(C)C(Cc2ccccc2)C(=O)O)cc1. The summed E-state index contributed by atoms with van der Waals surface area (Å²) in [7, 11) is 1.49. The molecule has 3 rings (SSSR count). The predicted octanol–water partition coefficient (Wildman–Crippen LogP) is 3.05. The lowest BCUT2D eigenvalue weighted by molar-refractivity contribution is -0.141. The molecular weight excluding hydrogens is 356 g/mol. The average molecular weight is 380 g/mol. The van der Waals surface area contributed by atoms with Crippen LogP contribution < -0.4 is 5.32 Å². The maximum Gasteiger partial charge on any atom is 0.326 e. The monoisotopic (exact) mass is 380 g/mol. The molecule has 28 heavy (non-hydrogen) atoms. The highest BCUT2D eigenvalue weighted by Gasteiger charge is 2.39. The number of carbonyl (C=O) groups excluding carboxylic acids is 2. The molecule has 3 unspecified atom stereocenters. The number of nitrogens with zero attached hydrogens (tertiary/aromatic N) is 1. The molecule has 0 aromatic heterocycles. The van der Waals surface area contributed by atoms with Gasteiger partial charge in [-0.15, -0.1) is 0 Å². The molecule has 1 aliphatic carbocycles. The first-order valence-electron chi connectivity index (χ1n) is 9.31. The summed E-state index contributed by atoms with van der Waals surface area (Å²) < 4.78 is 0. The number of carboxylic acids is 1. The third-order valence-electron chi connectivity index (χ3n) is 5.19. The number of carbonyl (C=O) groups is 3. The quantitative estimate of drug-likeness (QED) is 0.773. The van der Waals surface area contributed by atoms with E-state index in [-0.39, 0.29) is 24.2 Å². The number of aliphatic carboxylic acids is 1. The second kappa shape index (κ2) is 8.25. The molecule has 2 aromatic rings. The van der Waals surface area contributed by atoms with E-state index in [9.17, 15) is 19.5 Å². The van der Waals surface area contributed by atoms with Crippen molar-refractivity contribution in [2.24, 2.45) is 11.8 Å². The van der Waals surface area contributed by atoms with Gasteiger partial charge in [-0.1, -0.05) is 37.3 Å². The van der Waals surface area contributed by atoms with E-state index in [1.54, 1.807) is 24.3 Å². The Morgan fingerprint density at radius 2 is 1.71 bits per heavy atom. The van der Waals surface area contributed by atoms with Crippen molar-refractivity contribution in [3.63, 3.8) is 0 Å². The molecule has 1 saturated carbocycles. The van der Waals surface area contributed by atoms with Crippen LogP contribution in [0.15, 0.2) is 54.6 Å². The Hall–Kier alpha value is -3.15. The Balaban J connectivity index is 1.67. The summed E-state index contributed by atoms with van der Waals surface area (Å²) in [6.07, 6.45) is 1.14. The number of benzene rings is 2. The van der Waals surface area contributed by atoms with Gasteiger partial charge < -0.3 is 15.3 Å². The first kappa shape index (κ1) is 19.6. The molecule has 146 valence electrons. The van der Waals surface area contributed by atoms with Crippen LogP contribution in [0.1, 0.15) is 29.3 Å². The van der Waals surface area contributed by atoms with Gasteiger partial charge in [-0.3, -0.25) is 9.59 Å². The molecule has 3 atom stereocenters. The first-order valence-corrected chi connectivity index (χ1v) is 9.31. The third-order valence-corrected chi connectivity index (χ3v) is 5.19. The van der Waals surface area contributed by atoms with Crippen LogP contribution in [-0.2, 0) is 16.0 Å². The number of nitrogens with one attached hydrogen (secondary N) is 1. The van der Waals surface area contributed by atoms with Gasteiger partial charge in [0, 0.05) is 30.6 Å². The molecule has 1 aliphatic rings. The lowest BCUT2D eigenvalue weighted by Gasteiger charge is -2.25. The molecule has 6 heteroatoms. The Kier molecular flexibility index (Phi) is 5.78. The Morgan fingerprint density at radius 3 is 2.25 bits per heavy atom. The smallest absolute Gasteiger partial charge is 0.326 e. The summed E-state index contributed by atoms with van der Waals surface area (Å²) in [6.45, 7) is 2.04. The van der Waals surface area contributed by atoms with Crippen molar-refractivity contribution in [1.82, 2.24) is 4.90 Å².